The summed E-state index contributed by atoms with van der Waals surface area (Å²) in [6, 6.07) is 7.06. The largest absolute Gasteiger partial charge is 0.320 e. The van der Waals surface area contributed by atoms with Gasteiger partial charge in [-0.1, -0.05) is 22.0 Å². The first kappa shape index (κ1) is 14.6. The third kappa shape index (κ3) is 3.04. The maximum absolute atomic E-state index is 13.9. The Balaban J connectivity index is 2.49. The molecule has 0 aliphatic carbocycles. The summed E-state index contributed by atoms with van der Waals surface area (Å²) in [4.78, 5) is 0. The van der Waals surface area contributed by atoms with Crippen LogP contribution in [-0.2, 0) is 0 Å². The predicted octanol–water partition coefficient (Wildman–Crippen LogP) is 4.85. The third-order valence-electron chi connectivity index (χ3n) is 2.94. The maximum atomic E-state index is 13.9. The van der Waals surface area contributed by atoms with E-state index in [1.165, 1.54) is 0 Å². The van der Waals surface area contributed by atoms with Crippen molar-refractivity contribution >= 4 is 31.9 Å². The van der Waals surface area contributed by atoms with Crippen molar-refractivity contribution in [1.82, 2.24) is 0 Å². The van der Waals surface area contributed by atoms with E-state index in [0.29, 0.717) is 0 Å². The average Bonchev–Trinajstić information content (AvgIpc) is 2.33. The Kier molecular flexibility index (Phi) is 4.38. The lowest BCUT2D eigenvalue weighted by Crippen LogP contribution is -2.15. The van der Waals surface area contributed by atoms with E-state index in [2.05, 4.69) is 31.9 Å². The smallest absolute Gasteiger partial charge is 0.137 e. The van der Waals surface area contributed by atoms with Gasteiger partial charge in [0.05, 0.1) is 10.5 Å². The van der Waals surface area contributed by atoms with Crippen molar-refractivity contribution < 1.29 is 8.78 Å². The van der Waals surface area contributed by atoms with E-state index in [0.717, 1.165) is 27.7 Å². The van der Waals surface area contributed by atoms with Gasteiger partial charge in [0.15, 0.2) is 0 Å². The second kappa shape index (κ2) is 5.69. The second-order valence-corrected chi connectivity index (χ2v) is 6.04. The van der Waals surface area contributed by atoms with Gasteiger partial charge in [-0.05, 0) is 58.2 Å². The second-order valence-electron chi connectivity index (χ2n) is 4.27. The van der Waals surface area contributed by atoms with Gasteiger partial charge in [-0.3, -0.25) is 0 Å². The van der Waals surface area contributed by atoms with Crippen LogP contribution in [0.1, 0.15) is 22.7 Å². The van der Waals surface area contributed by atoms with Gasteiger partial charge in [-0.25, -0.2) is 8.78 Å². The van der Waals surface area contributed by atoms with Crippen LogP contribution in [0.3, 0.4) is 0 Å². The zero-order valence-electron chi connectivity index (χ0n) is 10.1. The van der Waals surface area contributed by atoms with Crippen molar-refractivity contribution in [1.29, 1.82) is 0 Å². The van der Waals surface area contributed by atoms with Crippen molar-refractivity contribution in [3.05, 3.63) is 67.6 Å². The average molecular weight is 391 g/mol. The number of nitrogens with two attached hydrogens (primary N) is 1. The van der Waals surface area contributed by atoms with E-state index in [1.54, 1.807) is 0 Å². The summed E-state index contributed by atoms with van der Waals surface area (Å²) in [5.41, 5.74) is 7.88. The molecule has 100 valence electrons. The molecule has 0 saturated heterocycles. The lowest BCUT2D eigenvalue weighted by molar-refractivity contribution is 0.572. The van der Waals surface area contributed by atoms with Crippen LogP contribution in [0.2, 0.25) is 0 Å². The Morgan fingerprint density at radius 3 is 2.32 bits per heavy atom. The molecule has 0 aliphatic rings. The zero-order valence-corrected chi connectivity index (χ0v) is 13.2. The molecule has 2 aromatic carbocycles. The molecule has 0 fully saturated rings. The van der Waals surface area contributed by atoms with Gasteiger partial charge >= 0.3 is 0 Å². The molecular weight excluding hydrogens is 380 g/mol. The molecule has 1 nitrogen and oxygen atoms in total. The lowest BCUT2D eigenvalue weighted by atomic mass is 9.95. The lowest BCUT2D eigenvalue weighted by Gasteiger charge is -2.16. The van der Waals surface area contributed by atoms with E-state index in [4.69, 9.17) is 5.73 Å². The summed E-state index contributed by atoms with van der Waals surface area (Å²) < 4.78 is 28.4. The fourth-order valence-electron chi connectivity index (χ4n) is 1.93. The predicted molar refractivity (Wildman–Crippen MR) is 79.0 cm³/mol. The number of aryl methyl sites for hydroxylation is 1. The number of hydrogen-bond donors (Lipinski definition) is 1. The van der Waals surface area contributed by atoms with Crippen LogP contribution in [0.25, 0.3) is 0 Å². The van der Waals surface area contributed by atoms with Crippen molar-refractivity contribution in [3.63, 3.8) is 0 Å². The molecular formula is C14H11Br2F2N. The number of hydrogen-bond acceptors (Lipinski definition) is 1. The fourth-order valence-corrected chi connectivity index (χ4v) is 2.72. The first-order valence-electron chi connectivity index (χ1n) is 5.56. The van der Waals surface area contributed by atoms with Crippen LogP contribution in [-0.4, -0.2) is 0 Å². The highest BCUT2D eigenvalue weighted by molar-refractivity contribution is 9.10. The Hall–Kier alpha value is -0.780. The molecule has 0 radical (unpaired) electrons. The molecule has 0 aromatic heterocycles. The molecule has 2 aromatic rings. The number of rotatable bonds is 2. The molecule has 0 amide bonds. The summed E-state index contributed by atoms with van der Waals surface area (Å²) in [5, 5.41) is 0. The van der Waals surface area contributed by atoms with Crippen LogP contribution < -0.4 is 5.73 Å². The van der Waals surface area contributed by atoms with E-state index in [-0.39, 0.29) is 10.0 Å². The van der Waals surface area contributed by atoms with E-state index in [1.807, 2.05) is 25.1 Å². The molecule has 0 aliphatic heterocycles. The van der Waals surface area contributed by atoms with Crippen LogP contribution in [0.4, 0.5) is 8.78 Å². The summed E-state index contributed by atoms with van der Waals surface area (Å²) in [7, 11) is 0. The summed E-state index contributed by atoms with van der Waals surface area (Å²) in [6.07, 6.45) is 0. The third-order valence-corrected chi connectivity index (χ3v) is 4.04. The molecule has 2 N–H and O–H groups in total. The standard InChI is InChI=1S/C14H11Br2F2N/c1-7-4-8(15)2-3-9(7)14(19)10-5-13(18)11(16)6-12(10)17/h2-6,14H,19H2,1H3. The number of halogens is 4. The Morgan fingerprint density at radius 2 is 1.68 bits per heavy atom. The highest BCUT2D eigenvalue weighted by atomic mass is 79.9. The Bertz CT molecular complexity index is 629. The highest BCUT2D eigenvalue weighted by Gasteiger charge is 2.18. The summed E-state index contributed by atoms with van der Waals surface area (Å²) >= 11 is 6.30. The molecule has 0 bridgehead atoms. The molecule has 1 atom stereocenters. The number of benzene rings is 2. The first-order valence-corrected chi connectivity index (χ1v) is 7.15. The molecule has 0 heterocycles. The van der Waals surface area contributed by atoms with Crippen molar-refractivity contribution in [2.24, 2.45) is 5.73 Å². The van der Waals surface area contributed by atoms with Crippen LogP contribution in [0.15, 0.2) is 39.3 Å². The van der Waals surface area contributed by atoms with Gasteiger partial charge in [0.2, 0.25) is 0 Å². The van der Waals surface area contributed by atoms with E-state index in [9.17, 15) is 8.78 Å². The van der Waals surface area contributed by atoms with Gasteiger partial charge in [-0.15, -0.1) is 0 Å². The maximum Gasteiger partial charge on any atom is 0.137 e. The van der Waals surface area contributed by atoms with Crippen molar-refractivity contribution in [2.45, 2.75) is 13.0 Å². The van der Waals surface area contributed by atoms with Gasteiger partial charge in [0.1, 0.15) is 11.6 Å². The van der Waals surface area contributed by atoms with Gasteiger partial charge < -0.3 is 5.73 Å². The molecule has 2 rings (SSSR count). The monoisotopic (exact) mass is 389 g/mol. The van der Waals surface area contributed by atoms with E-state index < -0.39 is 17.7 Å². The quantitative estimate of drug-likeness (QED) is 0.729. The minimum atomic E-state index is -0.698. The first-order chi connectivity index (χ1) is 8.90. The topological polar surface area (TPSA) is 26.0 Å². The molecule has 0 saturated carbocycles. The molecule has 0 spiro atoms. The molecule has 19 heavy (non-hydrogen) atoms. The van der Waals surface area contributed by atoms with Crippen LogP contribution >= 0.6 is 31.9 Å². The van der Waals surface area contributed by atoms with Crippen LogP contribution in [0, 0.1) is 18.6 Å². The zero-order chi connectivity index (χ0) is 14.2. The summed E-state index contributed by atoms with van der Waals surface area (Å²) in [6.45, 7) is 1.88. The minimum absolute atomic E-state index is 0.0912. The molecule has 1 unspecified atom stereocenters. The molecule has 5 heteroatoms. The van der Waals surface area contributed by atoms with Crippen molar-refractivity contribution in [2.75, 3.05) is 0 Å². The Labute approximate surface area is 127 Å². The Morgan fingerprint density at radius 1 is 1.00 bits per heavy atom. The minimum Gasteiger partial charge on any atom is -0.320 e. The SMILES string of the molecule is Cc1cc(Br)ccc1C(N)c1cc(F)c(Br)cc1F. The van der Waals surface area contributed by atoms with Gasteiger partial charge in [-0.2, -0.15) is 0 Å². The fraction of sp³-hybridized carbons (Fsp3) is 0.143. The van der Waals surface area contributed by atoms with Gasteiger partial charge in [0.25, 0.3) is 0 Å². The van der Waals surface area contributed by atoms with Crippen LogP contribution in [0.5, 0.6) is 0 Å². The van der Waals surface area contributed by atoms with Gasteiger partial charge in [0, 0.05) is 10.0 Å². The van der Waals surface area contributed by atoms with E-state index >= 15 is 0 Å². The summed E-state index contributed by atoms with van der Waals surface area (Å²) in [5.74, 6) is -1.05. The highest BCUT2D eigenvalue weighted by Crippen LogP contribution is 2.29. The normalized spacial score (nSPS) is 12.5. The van der Waals surface area contributed by atoms with Crippen molar-refractivity contribution in [3.8, 4) is 0 Å².